The lowest BCUT2D eigenvalue weighted by atomic mass is 10.2. The minimum Gasteiger partial charge on any atom is -0.489 e. The number of rotatable bonds is 7. The fourth-order valence-corrected chi connectivity index (χ4v) is 3.80. The molecule has 3 aromatic rings. The second-order valence-electron chi connectivity index (χ2n) is 7.03. The van der Waals surface area contributed by atoms with Gasteiger partial charge in [-0.3, -0.25) is 4.90 Å². The molecule has 4 rings (SSSR count). The summed E-state index contributed by atoms with van der Waals surface area (Å²) in [5.74, 6) is 1.47. The van der Waals surface area contributed by atoms with Crippen molar-refractivity contribution in [3.63, 3.8) is 0 Å². The largest absolute Gasteiger partial charge is 0.489 e. The SMILES string of the molecule is OC(COc1cccc2cc[nH]c12)CN1CCC(Oc2ccc(Cl)c(Cl)c2)C1. The summed E-state index contributed by atoms with van der Waals surface area (Å²) >= 11 is 12.0. The molecular weight excluding hydrogens is 399 g/mol. The van der Waals surface area contributed by atoms with Crippen molar-refractivity contribution in [2.24, 2.45) is 0 Å². The number of aliphatic hydroxyl groups is 1. The molecule has 1 saturated heterocycles. The average molecular weight is 421 g/mol. The molecular formula is C21H22Cl2N2O3. The van der Waals surface area contributed by atoms with E-state index in [0.29, 0.717) is 22.3 Å². The third-order valence-corrected chi connectivity index (χ3v) is 5.61. The highest BCUT2D eigenvalue weighted by Gasteiger charge is 2.26. The molecule has 0 aliphatic carbocycles. The van der Waals surface area contributed by atoms with Crippen LogP contribution in [0.5, 0.6) is 11.5 Å². The summed E-state index contributed by atoms with van der Waals surface area (Å²) in [6.45, 7) is 2.41. The van der Waals surface area contributed by atoms with Crippen LogP contribution in [0.1, 0.15) is 6.42 Å². The minimum absolute atomic E-state index is 0.0676. The van der Waals surface area contributed by atoms with Gasteiger partial charge in [0.15, 0.2) is 0 Å². The monoisotopic (exact) mass is 420 g/mol. The lowest BCUT2D eigenvalue weighted by Gasteiger charge is -2.20. The fraction of sp³-hybridized carbons (Fsp3) is 0.333. The molecule has 0 radical (unpaired) electrons. The number of nitrogens with one attached hydrogen (secondary N) is 1. The molecule has 7 heteroatoms. The molecule has 1 aliphatic rings. The molecule has 1 aromatic heterocycles. The van der Waals surface area contributed by atoms with Gasteiger partial charge in [-0.05, 0) is 30.7 Å². The lowest BCUT2D eigenvalue weighted by molar-refractivity contribution is 0.0725. The topological polar surface area (TPSA) is 57.7 Å². The van der Waals surface area contributed by atoms with Crippen LogP contribution in [-0.2, 0) is 0 Å². The molecule has 2 atom stereocenters. The van der Waals surface area contributed by atoms with Gasteiger partial charge in [-0.15, -0.1) is 0 Å². The highest BCUT2D eigenvalue weighted by atomic mass is 35.5. The number of aromatic amines is 1. The van der Waals surface area contributed by atoms with Gasteiger partial charge in [0.1, 0.15) is 30.3 Å². The molecule has 0 spiro atoms. The Labute approximate surface area is 173 Å². The number of ether oxygens (including phenoxy) is 2. The van der Waals surface area contributed by atoms with Crippen LogP contribution in [0.15, 0.2) is 48.7 Å². The minimum atomic E-state index is -0.575. The maximum atomic E-state index is 10.4. The molecule has 5 nitrogen and oxygen atoms in total. The van der Waals surface area contributed by atoms with Crippen molar-refractivity contribution in [2.75, 3.05) is 26.2 Å². The maximum Gasteiger partial charge on any atom is 0.143 e. The van der Waals surface area contributed by atoms with E-state index < -0.39 is 6.10 Å². The second-order valence-corrected chi connectivity index (χ2v) is 7.84. The zero-order valence-electron chi connectivity index (χ0n) is 15.3. The predicted molar refractivity (Wildman–Crippen MR) is 112 cm³/mol. The van der Waals surface area contributed by atoms with Crippen LogP contribution in [0.3, 0.4) is 0 Å². The molecule has 1 fully saturated rings. The smallest absolute Gasteiger partial charge is 0.143 e. The number of H-pyrrole nitrogens is 1. The van der Waals surface area contributed by atoms with E-state index in [2.05, 4.69) is 9.88 Å². The normalized spacial score (nSPS) is 18.5. The summed E-state index contributed by atoms with van der Waals surface area (Å²) in [6, 6.07) is 13.2. The third kappa shape index (κ3) is 4.55. The number of aliphatic hydroxyl groups excluding tert-OH is 1. The Morgan fingerprint density at radius 1 is 1.18 bits per heavy atom. The van der Waals surface area contributed by atoms with E-state index >= 15 is 0 Å². The standard InChI is InChI=1S/C21H22Cl2N2O3/c22-18-5-4-16(10-19(18)23)28-17-7-9-25(12-17)11-15(26)13-27-20-3-1-2-14-6-8-24-21(14)20/h1-6,8,10,15,17,24,26H,7,9,11-13H2. The molecule has 2 unspecified atom stereocenters. The number of fused-ring (bicyclic) bond motifs is 1. The Morgan fingerprint density at radius 2 is 2.07 bits per heavy atom. The summed E-state index contributed by atoms with van der Waals surface area (Å²) in [5, 5.41) is 12.5. The average Bonchev–Trinajstić information content (AvgIpc) is 3.32. The summed E-state index contributed by atoms with van der Waals surface area (Å²) < 4.78 is 11.8. The highest BCUT2D eigenvalue weighted by Crippen LogP contribution is 2.28. The Hall–Kier alpha value is -1.92. The van der Waals surface area contributed by atoms with Gasteiger partial charge in [0, 0.05) is 37.3 Å². The predicted octanol–water partition coefficient (Wildman–Crippen LogP) is 4.37. The summed E-state index contributed by atoms with van der Waals surface area (Å²) in [4.78, 5) is 5.36. The van der Waals surface area contributed by atoms with Crippen molar-refractivity contribution in [1.82, 2.24) is 9.88 Å². The fourth-order valence-electron chi connectivity index (χ4n) is 3.51. The number of halogens is 2. The van der Waals surface area contributed by atoms with E-state index in [9.17, 15) is 5.11 Å². The number of aromatic nitrogens is 1. The van der Waals surface area contributed by atoms with E-state index in [0.717, 1.165) is 36.2 Å². The lowest BCUT2D eigenvalue weighted by Crippen LogP contribution is -2.35. The zero-order chi connectivity index (χ0) is 19.5. The van der Waals surface area contributed by atoms with Crippen molar-refractivity contribution in [3.8, 4) is 11.5 Å². The van der Waals surface area contributed by atoms with Gasteiger partial charge < -0.3 is 19.6 Å². The molecule has 2 N–H and O–H groups in total. The number of β-amino-alcohol motifs (C(OH)–C–C–N with tert-alkyl or cyclic N) is 1. The van der Waals surface area contributed by atoms with E-state index in [1.165, 1.54) is 0 Å². The van der Waals surface area contributed by atoms with Crippen LogP contribution >= 0.6 is 23.2 Å². The number of likely N-dealkylation sites (tertiary alicyclic amines) is 1. The Morgan fingerprint density at radius 3 is 2.93 bits per heavy atom. The molecule has 2 heterocycles. The number of nitrogens with zero attached hydrogens (tertiary/aromatic N) is 1. The molecule has 0 bridgehead atoms. The highest BCUT2D eigenvalue weighted by molar-refractivity contribution is 6.42. The van der Waals surface area contributed by atoms with Gasteiger partial charge in [-0.25, -0.2) is 0 Å². The molecule has 28 heavy (non-hydrogen) atoms. The van der Waals surface area contributed by atoms with Crippen LogP contribution in [0, 0.1) is 0 Å². The Bertz CT molecular complexity index is 946. The molecule has 0 saturated carbocycles. The van der Waals surface area contributed by atoms with Gasteiger partial charge in [0.25, 0.3) is 0 Å². The van der Waals surface area contributed by atoms with Crippen LogP contribution in [0.2, 0.25) is 10.0 Å². The van der Waals surface area contributed by atoms with Crippen LogP contribution in [-0.4, -0.2) is 53.4 Å². The van der Waals surface area contributed by atoms with Crippen LogP contribution < -0.4 is 9.47 Å². The second kappa shape index (κ2) is 8.62. The first kappa shape index (κ1) is 19.4. The van der Waals surface area contributed by atoms with Gasteiger partial charge in [-0.2, -0.15) is 0 Å². The van der Waals surface area contributed by atoms with Gasteiger partial charge in [0.05, 0.1) is 15.6 Å². The van der Waals surface area contributed by atoms with Gasteiger partial charge in [-0.1, -0.05) is 35.3 Å². The van der Waals surface area contributed by atoms with E-state index in [1.54, 1.807) is 12.1 Å². The van der Waals surface area contributed by atoms with Gasteiger partial charge in [0.2, 0.25) is 0 Å². The zero-order valence-corrected chi connectivity index (χ0v) is 16.8. The van der Waals surface area contributed by atoms with Crippen molar-refractivity contribution < 1.29 is 14.6 Å². The number of hydrogen-bond acceptors (Lipinski definition) is 4. The molecule has 0 amide bonds. The Kier molecular flexibility index (Phi) is 5.97. The van der Waals surface area contributed by atoms with Crippen molar-refractivity contribution in [3.05, 3.63) is 58.7 Å². The van der Waals surface area contributed by atoms with E-state index in [-0.39, 0.29) is 12.7 Å². The first-order valence-corrected chi connectivity index (χ1v) is 10.0. The third-order valence-electron chi connectivity index (χ3n) is 4.87. The maximum absolute atomic E-state index is 10.4. The van der Waals surface area contributed by atoms with Crippen LogP contribution in [0.4, 0.5) is 0 Å². The van der Waals surface area contributed by atoms with Gasteiger partial charge >= 0.3 is 0 Å². The molecule has 1 aliphatic heterocycles. The van der Waals surface area contributed by atoms with E-state index in [1.807, 2.05) is 36.5 Å². The van der Waals surface area contributed by atoms with E-state index in [4.69, 9.17) is 32.7 Å². The number of benzene rings is 2. The summed E-state index contributed by atoms with van der Waals surface area (Å²) in [6.07, 6.45) is 2.27. The van der Waals surface area contributed by atoms with Crippen molar-refractivity contribution in [1.29, 1.82) is 0 Å². The first-order chi connectivity index (χ1) is 13.6. The van der Waals surface area contributed by atoms with Crippen molar-refractivity contribution >= 4 is 34.1 Å². The molecule has 148 valence electrons. The summed E-state index contributed by atoms with van der Waals surface area (Å²) in [5.41, 5.74) is 0.950. The summed E-state index contributed by atoms with van der Waals surface area (Å²) in [7, 11) is 0. The van der Waals surface area contributed by atoms with Crippen molar-refractivity contribution in [2.45, 2.75) is 18.6 Å². The van der Waals surface area contributed by atoms with Crippen LogP contribution in [0.25, 0.3) is 10.9 Å². The Balaban J connectivity index is 1.25. The number of hydrogen-bond donors (Lipinski definition) is 2. The number of para-hydroxylation sites is 1. The first-order valence-electron chi connectivity index (χ1n) is 9.29. The molecule has 2 aromatic carbocycles. The quantitative estimate of drug-likeness (QED) is 0.595.